The van der Waals surface area contributed by atoms with Crippen molar-refractivity contribution in [1.82, 2.24) is 14.9 Å². The topological polar surface area (TPSA) is 312 Å². The number of phosphoric ester groups is 2. The maximum absolute atomic E-state index is 12.3. The Morgan fingerprint density at radius 1 is 1.07 bits per heavy atom. The Bertz CT molecular complexity index is 1260. The fourth-order valence-corrected chi connectivity index (χ4v) is 5.92. The van der Waals surface area contributed by atoms with Crippen LogP contribution in [0.1, 0.15) is 6.23 Å². The van der Waals surface area contributed by atoms with Crippen LogP contribution in [-0.4, -0.2) is 109 Å². The number of aromatic nitrogens is 2. The Balaban J connectivity index is 1.66. The van der Waals surface area contributed by atoms with Crippen LogP contribution in [-0.2, 0) is 36.8 Å². The lowest BCUT2D eigenvalue weighted by molar-refractivity contribution is -0.285. The lowest BCUT2D eigenvalue weighted by Crippen LogP contribution is -2.64. The average molecular weight is 637 g/mol. The minimum absolute atomic E-state index is 0.452. The normalized spacial score (nSPS) is 35.5. The zero-order valence-corrected chi connectivity index (χ0v) is 22.6. The molecular weight excluding hydrogens is 612 g/mol. The van der Waals surface area contributed by atoms with Crippen molar-refractivity contribution in [2.75, 3.05) is 19.0 Å². The van der Waals surface area contributed by atoms with Crippen molar-refractivity contribution in [3.05, 3.63) is 33.1 Å². The summed E-state index contributed by atoms with van der Waals surface area (Å²) >= 11 is 3.69. The van der Waals surface area contributed by atoms with Crippen LogP contribution in [0.5, 0.6) is 0 Å². The van der Waals surface area contributed by atoms with Crippen LogP contribution in [0.3, 0.4) is 0 Å². The molecule has 0 aliphatic carbocycles. The van der Waals surface area contributed by atoms with Gasteiger partial charge >= 0.3 is 5.69 Å². The van der Waals surface area contributed by atoms with Crippen molar-refractivity contribution in [3.8, 4) is 0 Å². The average Bonchev–Trinajstić information content (AvgIpc) is 3.14. The quantitative estimate of drug-likeness (QED) is 0.0827. The largest absolute Gasteiger partial charge is 0.756 e. The lowest BCUT2D eigenvalue weighted by atomic mass is 9.97. The highest BCUT2D eigenvalue weighted by atomic mass is 32.1. The Morgan fingerprint density at radius 2 is 1.73 bits per heavy atom. The summed E-state index contributed by atoms with van der Waals surface area (Å²) < 4.78 is 48.4. The van der Waals surface area contributed by atoms with Gasteiger partial charge in [0.1, 0.15) is 42.7 Å². The van der Waals surface area contributed by atoms with E-state index >= 15 is 0 Å². The molecule has 3 rings (SSSR count). The predicted octanol–water partition coefficient (Wildman–Crippen LogP) is -6.00. The molecule has 0 saturated carbocycles. The second kappa shape index (κ2) is 13.2. The third kappa shape index (κ3) is 7.85. The number of aromatic amines is 1. The number of nitrogens with one attached hydrogen (secondary N) is 2. The minimum Gasteiger partial charge on any atom is -0.756 e. The molecule has 11 unspecified atom stereocenters. The molecule has 3 heterocycles. The molecule has 0 aromatic carbocycles. The zero-order chi connectivity index (χ0) is 30.0. The van der Waals surface area contributed by atoms with E-state index in [0.717, 1.165) is 12.3 Å². The number of thiol groups is 1. The molecule has 1 amide bonds. The number of carbonyl (C=O) groups excluding carboxylic acids is 1. The highest BCUT2D eigenvalue weighted by molar-refractivity contribution is 7.81. The number of phosphoric acid groups is 2. The molecular formula is C17H25N3O17P2S-2. The van der Waals surface area contributed by atoms with E-state index in [1.54, 1.807) is 0 Å². The molecule has 0 spiro atoms. The second-order valence-electron chi connectivity index (χ2n) is 8.40. The summed E-state index contributed by atoms with van der Waals surface area (Å²) in [6.45, 7) is -2.08. The predicted molar refractivity (Wildman–Crippen MR) is 124 cm³/mol. The van der Waals surface area contributed by atoms with Crippen LogP contribution in [0.4, 0.5) is 0 Å². The first kappa shape index (κ1) is 33.0. The summed E-state index contributed by atoms with van der Waals surface area (Å²) in [6, 6.07) is -0.890. The van der Waals surface area contributed by atoms with E-state index < -0.39 is 107 Å². The number of nitrogens with zero attached hydrogens (tertiary/aromatic N) is 1. The number of ether oxygens (including phenoxy) is 2. The van der Waals surface area contributed by atoms with Gasteiger partial charge in [0.05, 0.1) is 19.0 Å². The summed E-state index contributed by atoms with van der Waals surface area (Å²) in [5, 5.41) is 51.9. The third-order valence-corrected chi connectivity index (χ3v) is 8.46. The summed E-state index contributed by atoms with van der Waals surface area (Å²) in [5.41, 5.74) is -1.79. The van der Waals surface area contributed by atoms with Gasteiger partial charge in [-0.3, -0.25) is 32.8 Å². The van der Waals surface area contributed by atoms with Crippen LogP contribution in [0, 0.1) is 0 Å². The van der Waals surface area contributed by atoms with Gasteiger partial charge in [-0.05, 0) is 0 Å². The Hall–Kier alpha value is -1.52. The summed E-state index contributed by atoms with van der Waals surface area (Å²) in [6.07, 6.45) is -13.6. The minimum atomic E-state index is -5.97. The maximum Gasteiger partial charge on any atom is 0.330 e. The fourth-order valence-electron chi connectivity index (χ4n) is 3.74. The molecule has 0 radical (unpaired) electrons. The van der Waals surface area contributed by atoms with Gasteiger partial charge in [0, 0.05) is 12.3 Å². The molecule has 1 aromatic heterocycles. The van der Waals surface area contributed by atoms with Crippen LogP contribution in [0.25, 0.3) is 0 Å². The van der Waals surface area contributed by atoms with Crippen molar-refractivity contribution >= 4 is 34.2 Å². The molecule has 7 N–H and O–H groups in total. The van der Waals surface area contributed by atoms with Gasteiger partial charge in [0.15, 0.2) is 12.5 Å². The summed E-state index contributed by atoms with van der Waals surface area (Å²) in [5.74, 6) is -1.33. The monoisotopic (exact) mass is 637 g/mol. The second-order valence-corrected chi connectivity index (χ2v) is 11.6. The van der Waals surface area contributed by atoms with Gasteiger partial charge in [-0.15, -0.1) is 0 Å². The molecule has 2 saturated heterocycles. The van der Waals surface area contributed by atoms with E-state index in [4.69, 9.17) is 9.47 Å². The first-order valence-electron chi connectivity index (χ1n) is 11.1. The SMILES string of the molecule is O=C(CS)NC1C(OP(=O)([O-])OP(=O)([O-])OCC2OC(n3ccc(=O)[nH]c3=O)C(O)C2O)OC(CO)C(O)C1O. The van der Waals surface area contributed by atoms with Crippen LogP contribution < -0.4 is 26.4 Å². The molecule has 2 aliphatic heterocycles. The molecule has 20 nitrogen and oxygen atoms in total. The standard InChI is InChI=1S/C17H27N3O17P2S/c21-3-6-11(24)13(26)10(18-9(23)5-40)16(35-6)36-39(31,32)37-38(29,30)33-4-7-12(25)14(27)15(34-7)20-2-1-8(22)19-17(20)28/h1-2,6-7,10-16,21,24-27,40H,3-5H2,(H,18,23)(H,29,30)(H,31,32)(H,19,22,28)/p-2. The number of hydrogen-bond donors (Lipinski definition) is 8. The van der Waals surface area contributed by atoms with Crippen molar-refractivity contribution in [2.24, 2.45) is 0 Å². The number of rotatable bonds is 11. The van der Waals surface area contributed by atoms with Crippen molar-refractivity contribution in [3.63, 3.8) is 0 Å². The van der Waals surface area contributed by atoms with E-state index in [0.29, 0.717) is 4.57 Å². The Morgan fingerprint density at radius 3 is 2.33 bits per heavy atom. The van der Waals surface area contributed by atoms with Crippen molar-refractivity contribution in [2.45, 2.75) is 55.2 Å². The van der Waals surface area contributed by atoms with Gasteiger partial charge in [-0.2, -0.15) is 12.6 Å². The molecule has 228 valence electrons. The number of aliphatic hydroxyl groups is 5. The summed E-state index contributed by atoms with van der Waals surface area (Å²) in [4.78, 5) is 61.3. The number of aliphatic hydroxyl groups excluding tert-OH is 5. The lowest BCUT2D eigenvalue weighted by Gasteiger charge is -2.44. The first-order chi connectivity index (χ1) is 18.6. The van der Waals surface area contributed by atoms with Crippen molar-refractivity contribution in [1.29, 1.82) is 0 Å². The van der Waals surface area contributed by atoms with Gasteiger partial charge in [0.25, 0.3) is 21.2 Å². The molecule has 40 heavy (non-hydrogen) atoms. The Labute approximate surface area is 228 Å². The van der Waals surface area contributed by atoms with Gasteiger partial charge in [0.2, 0.25) is 5.91 Å². The van der Waals surface area contributed by atoms with E-state index in [2.05, 4.69) is 31.3 Å². The third-order valence-electron chi connectivity index (χ3n) is 5.64. The number of hydrogen-bond acceptors (Lipinski definition) is 18. The molecule has 23 heteroatoms. The van der Waals surface area contributed by atoms with Gasteiger partial charge in [-0.25, -0.2) is 9.11 Å². The van der Waals surface area contributed by atoms with Crippen LogP contribution in [0.2, 0.25) is 0 Å². The highest BCUT2D eigenvalue weighted by Gasteiger charge is 2.48. The van der Waals surface area contributed by atoms with E-state index in [1.807, 2.05) is 4.98 Å². The number of amides is 1. The Kier molecular flexibility index (Phi) is 10.9. The van der Waals surface area contributed by atoms with Crippen LogP contribution >= 0.6 is 28.3 Å². The molecule has 1 aromatic rings. The molecule has 2 aliphatic rings. The van der Waals surface area contributed by atoms with Gasteiger partial charge < -0.3 is 54.6 Å². The van der Waals surface area contributed by atoms with E-state index in [9.17, 15) is 58.8 Å². The van der Waals surface area contributed by atoms with Crippen molar-refractivity contribution < 1.29 is 72.1 Å². The number of H-pyrrole nitrogens is 1. The van der Waals surface area contributed by atoms with Crippen LogP contribution in [0.15, 0.2) is 21.9 Å². The smallest absolute Gasteiger partial charge is 0.330 e. The molecule has 11 atom stereocenters. The zero-order valence-electron chi connectivity index (χ0n) is 19.9. The summed E-state index contributed by atoms with van der Waals surface area (Å²) in [7, 11) is -11.8. The highest BCUT2D eigenvalue weighted by Crippen LogP contribution is 2.57. The number of carbonyl (C=O) groups is 1. The fraction of sp³-hybridized carbons (Fsp3) is 0.706. The first-order valence-corrected chi connectivity index (χ1v) is 14.7. The van der Waals surface area contributed by atoms with E-state index in [-0.39, 0.29) is 0 Å². The van der Waals surface area contributed by atoms with Gasteiger partial charge in [-0.1, -0.05) is 0 Å². The molecule has 2 fully saturated rings. The molecule has 0 bridgehead atoms. The van der Waals surface area contributed by atoms with E-state index in [1.165, 1.54) is 0 Å². The maximum atomic E-state index is 12.3.